The smallest absolute Gasteiger partial charge is 0.331 e. The number of amides is 1. The summed E-state index contributed by atoms with van der Waals surface area (Å²) in [5.41, 5.74) is 2.53. The summed E-state index contributed by atoms with van der Waals surface area (Å²) in [4.78, 5) is 30.7. The van der Waals surface area contributed by atoms with E-state index in [2.05, 4.69) is 31.8 Å². The Kier molecular flexibility index (Phi) is 8.91. The average Bonchev–Trinajstić information content (AvgIpc) is 3.16. The molecule has 7 heteroatoms. The lowest BCUT2D eigenvalue weighted by Crippen LogP contribution is -2.42. The highest BCUT2D eigenvalue weighted by molar-refractivity contribution is 5.92. The van der Waals surface area contributed by atoms with Gasteiger partial charge < -0.3 is 19.2 Å². The highest BCUT2D eigenvalue weighted by Crippen LogP contribution is 2.33. The Hall–Kier alpha value is -3.61. The number of aryl methyl sites for hydroxylation is 1. The molecule has 2 heterocycles. The van der Waals surface area contributed by atoms with Crippen LogP contribution < -0.4 is 4.74 Å². The van der Waals surface area contributed by atoms with E-state index in [0.29, 0.717) is 43.2 Å². The van der Waals surface area contributed by atoms with E-state index in [1.165, 1.54) is 11.0 Å². The summed E-state index contributed by atoms with van der Waals surface area (Å²) >= 11 is 0. The van der Waals surface area contributed by atoms with E-state index in [4.69, 9.17) is 9.15 Å². The number of aromatic nitrogens is 1. The van der Waals surface area contributed by atoms with E-state index >= 15 is 0 Å². The number of benzene rings is 1. The van der Waals surface area contributed by atoms with Crippen LogP contribution in [0.2, 0.25) is 0 Å². The third kappa shape index (κ3) is 7.20. The summed E-state index contributed by atoms with van der Waals surface area (Å²) in [6.07, 6.45) is 12.6. The van der Waals surface area contributed by atoms with Crippen LogP contribution >= 0.6 is 0 Å². The molecule has 2 aromatic rings. The van der Waals surface area contributed by atoms with Gasteiger partial charge in [0.1, 0.15) is 11.5 Å². The van der Waals surface area contributed by atoms with Gasteiger partial charge in [-0.25, -0.2) is 9.78 Å². The van der Waals surface area contributed by atoms with Gasteiger partial charge in [0.2, 0.25) is 11.8 Å². The minimum absolute atomic E-state index is 0.205. The third-order valence-corrected chi connectivity index (χ3v) is 5.91. The van der Waals surface area contributed by atoms with E-state index in [-0.39, 0.29) is 11.3 Å². The standard InChI is InChI=1S/C29H36N2O5/c1-6-7-8-11-26(32)31-17-14-21-12-13-22(19-23(21)27(31)28(33)34)35-18-15-24-20(2)36-25(30-24)10-9-16-29(3,4)5/h6-13,19,27H,14-18H2,1-5H3,(H,33,34)/b7-6?,10-9+,11-8?. The molecular weight excluding hydrogens is 456 g/mol. The van der Waals surface area contributed by atoms with Gasteiger partial charge in [0, 0.05) is 19.0 Å². The Morgan fingerprint density at radius 3 is 2.75 bits per heavy atom. The number of hydrogen-bond donors (Lipinski definition) is 1. The fourth-order valence-electron chi connectivity index (χ4n) is 4.06. The SMILES string of the molecule is CC=CC=CC(=O)N1CCc2ccc(OCCc3nc(/C=C/CC(C)(C)C)oc3C)cc2C1C(=O)O. The Morgan fingerprint density at radius 1 is 1.28 bits per heavy atom. The molecule has 1 aromatic heterocycles. The number of carboxylic acid groups (broad SMARTS) is 1. The highest BCUT2D eigenvalue weighted by Gasteiger charge is 2.35. The minimum atomic E-state index is -1.06. The van der Waals surface area contributed by atoms with Crippen LogP contribution in [-0.2, 0) is 22.4 Å². The van der Waals surface area contributed by atoms with E-state index in [0.717, 1.165) is 23.4 Å². The van der Waals surface area contributed by atoms with Crippen molar-refractivity contribution in [2.75, 3.05) is 13.2 Å². The first-order valence-corrected chi connectivity index (χ1v) is 12.3. The van der Waals surface area contributed by atoms with Crippen molar-refractivity contribution in [1.29, 1.82) is 0 Å². The van der Waals surface area contributed by atoms with Crippen molar-refractivity contribution in [2.45, 2.75) is 59.9 Å². The number of carbonyl (C=O) groups is 2. The molecule has 0 radical (unpaired) electrons. The number of carboxylic acids is 1. The van der Waals surface area contributed by atoms with Gasteiger partial charge in [0.25, 0.3) is 0 Å². The van der Waals surface area contributed by atoms with Gasteiger partial charge >= 0.3 is 5.97 Å². The van der Waals surface area contributed by atoms with Gasteiger partial charge in [-0.2, -0.15) is 0 Å². The highest BCUT2D eigenvalue weighted by atomic mass is 16.5. The van der Waals surface area contributed by atoms with Crippen molar-refractivity contribution in [3.8, 4) is 5.75 Å². The number of allylic oxidation sites excluding steroid dienone is 4. The molecule has 1 atom stereocenters. The molecule has 0 fully saturated rings. The van der Waals surface area contributed by atoms with Crippen LogP contribution in [-0.4, -0.2) is 40.0 Å². The van der Waals surface area contributed by atoms with Crippen LogP contribution in [0.3, 0.4) is 0 Å². The summed E-state index contributed by atoms with van der Waals surface area (Å²) in [6, 6.07) is 4.41. The fraction of sp³-hybridized carbons (Fsp3) is 0.414. The zero-order valence-electron chi connectivity index (χ0n) is 21.8. The quantitative estimate of drug-likeness (QED) is 0.357. The van der Waals surface area contributed by atoms with Gasteiger partial charge in [0.15, 0.2) is 6.04 Å². The third-order valence-electron chi connectivity index (χ3n) is 5.91. The number of rotatable bonds is 9. The first-order chi connectivity index (χ1) is 17.1. The summed E-state index contributed by atoms with van der Waals surface area (Å²) < 4.78 is 11.7. The fourth-order valence-corrected chi connectivity index (χ4v) is 4.06. The van der Waals surface area contributed by atoms with Crippen molar-refractivity contribution < 1.29 is 23.8 Å². The number of fused-ring (bicyclic) bond motifs is 1. The molecule has 0 aliphatic carbocycles. The number of oxazole rings is 1. The van der Waals surface area contributed by atoms with Crippen LogP contribution in [0.4, 0.5) is 0 Å². The van der Waals surface area contributed by atoms with Crippen molar-refractivity contribution in [2.24, 2.45) is 5.41 Å². The molecule has 1 unspecified atom stereocenters. The Bertz CT molecular complexity index is 1170. The lowest BCUT2D eigenvalue weighted by molar-refractivity contribution is -0.149. The molecule has 1 aliphatic rings. The number of ether oxygens (including phenoxy) is 1. The van der Waals surface area contributed by atoms with Gasteiger partial charge in [-0.3, -0.25) is 4.79 Å². The molecule has 192 valence electrons. The predicted molar refractivity (Wildman–Crippen MR) is 140 cm³/mol. The van der Waals surface area contributed by atoms with Crippen LogP contribution in [0.5, 0.6) is 5.75 Å². The average molecular weight is 493 g/mol. The topological polar surface area (TPSA) is 92.9 Å². The van der Waals surface area contributed by atoms with Crippen molar-refractivity contribution in [3.05, 3.63) is 77.1 Å². The summed E-state index contributed by atoms with van der Waals surface area (Å²) in [5.74, 6) is 0.506. The second-order valence-corrected chi connectivity index (χ2v) is 10.1. The maximum absolute atomic E-state index is 12.7. The first kappa shape index (κ1) is 27.0. The molecule has 0 saturated heterocycles. The molecule has 3 rings (SSSR count). The van der Waals surface area contributed by atoms with E-state index in [9.17, 15) is 14.7 Å². The minimum Gasteiger partial charge on any atom is -0.493 e. The number of carbonyl (C=O) groups excluding carboxylic acids is 1. The molecule has 1 aromatic carbocycles. The summed E-state index contributed by atoms with van der Waals surface area (Å²) in [6.45, 7) is 11.0. The normalized spacial score (nSPS) is 16.2. The Balaban J connectivity index is 1.68. The molecule has 1 N–H and O–H groups in total. The first-order valence-electron chi connectivity index (χ1n) is 12.3. The molecule has 0 saturated carbocycles. The van der Waals surface area contributed by atoms with Crippen LogP contribution in [0.15, 0.2) is 53.0 Å². The monoisotopic (exact) mass is 492 g/mol. The second-order valence-electron chi connectivity index (χ2n) is 10.1. The second kappa shape index (κ2) is 11.9. The van der Waals surface area contributed by atoms with Crippen molar-refractivity contribution in [1.82, 2.24) is 9.88 Å². The van der Waals surface area contributed by atoms with Crippen molar-refractivity contribution >= 4 is 18.0 Å². The van der Waals surface area contributed by atoms with Crippen LogP contribution in [0, 0.1) is 12.3 Å². The molecule has 7 nitrogen and oxygen atoms in total. The summed E-state index contributed by atoms with van der Waals surface area (Å²) in [7, 11) is 0. The number of aliphatic carboxylic acids is 1. The molecule has 1 aliphatic heterocycles. The van der Waals surface area contributed by atoms with E-state index < -0.39 is 12.0 Å². The molecule has 1 amide bonds. The van der Waals surface area contributed by atoms with E-state index in [1.807, 2.05) is 32.1 Å². The summed E-state index contributed by atoms with van der Waals surface area (Å²) in [5, 5.41) is 9.93. The lowest BCUT2D eigenvalue weighted by atomic mass is 9.92. The zero-order valence-corrected chi connectivity index (χ0v) is 21.8. The van der Waals surface area contributed by atoms with Gasteiger partial charge in [-0.15, -0.1) is 0 Å². The molecule has 0 bridgehead atoms. The molecular formula is C29H36N2O5. The van der Waals surface area contributed by atoms with E-state index in [1.54, 1.807) is 24.3 Å². The van der Waals surface area contributed by atoms with Gasteiger partial charge in [-0.1, -0.05) is 51.1 Å². The number of hydrogen-bond acceptors (Lipinski definition) is 5. The van der Waals surface area contributed by atoms with Crippen LogP contribution in [0.1, 0.15) is 68.6 Å². The number of nitrogens with zero attached hydrogens (tertiary/aromatic N) is 2. The van der Waals surface area contributed by atoms with Crippen molar-refractivity contribution in [3.63, 3.8) is 0 Å². The maximum Gasteiger partial charge on any atom is 0.331 e. The lowest BCUT2D eigenvalue weighted by Gasteiger charge is -2.34. The maximum atomic E-state index is 12.7. The van der Waals surface area contributed by atoms with Gasteiger partial charge in [-0.05, 0) is 61.4 Å². The van der Waals surface area contributed by atoms with Crippen LogP contribution in [0.25, 0.3) is 6.08 Å². The predicted octanol–water partition coefficient (Wildman–Crippen LogP) is 5.70. The zero-order chi connectivity index (χ0) is 26.3. The molecule has 0 spiro atoms. The Labute approximate surface area is 213 Å². The van der Waals surface area contributed by atoms with Gasteiger partial charge in [0.05, 0.1) is 12.3 Å². The largest absolute Gasteiger partial charge is 0.493 e. The molecule has 36 heavy (non-hydrogen) atoms. The Morgan fingerprint density at radius 2 is 2.06 bits per heavy atom.